The van der Waals surface area contributed by atoms with E-state index in [1.54, 1.807) is 42.5 Å². The fourth-order valence-electron chi connectivity index (χ4n) is 7.07. The smallest absolute Gasteiger partial charge is 0.275 e. The summed E-state index contributed by atoms with van der Waals surface area (Å²) < 4.78 is 0. The third-order valence-corrected chi connectivity index (χ3v) is 10.7. The molecule has 17 heteroatoms. The highest BCUT2D eigenvalue weighted by molar-refractivity contribution is 6.07. The molecule has 6 N–H and O–H groups in total. The van der Waals surface area contributed by atoms with Crippen LogP contribution in [0.1, 0.15) is 171 Å². The van der Waals surface area contributed by atoms with E-state index in [9.17, 15) is 28.8 Å². The van der Waals surface area contributed by atoms with E-state index in [1.807, 2.05) is 0 Å². The van der Waals surface area contributed by atoms with Crippen LogP contribution in [-0.4, -0.2) is 60.4 Å². The molecule has 0 aliphatic carbocycles. The summed E-state index contributed by atoms with van der Waals surface area (Å²) in [6, 6.07) is 23.1. The number of carbonyl (C=O) groups excluding carboxylic acids is 6. The Kier molecular flexibility index (Phi) is 21.7. The number of unbranched alkanes of at least 4 members (excludes halogenated alkanes) is 14. The Bertz CT molecular complexity index is 2300. The summed E-state index contributed by atoms with van der Waals surface area (Å²) in [5.74, 6) is -1.74. The molecule has 0 saturated carbocycles. The van der Waals surface area contributed by atoms with Crippen LogP contribution in [0.15, 0.2) is 91.0 Å². The van der Waals surface area contributed by atoms with Crippen LogP contribution < -0.4 is 31.9 Å². The number of nitrogens with one attached hydrogen (secondary N) is 6. The second-order valence-corrected chi connectivity index (χ2v) is 16.4. The molecule has 17 nitrogen and oxygen atoms in total. The van der Waals surface area contributed by atoms with E-state index in [1.165, 1.54) is 113 Å². The van der Waals surface area contributed by atoms with E-state index in [0.717, 1.165) is 38.5 Å². The molecule has 0 aliphatic rings. The number of rotatable bonds is 28. The molecule has 5 aromatic rings. The van der Waals surface area contributed by atoms with Crippen LogP contribution in [0.2, 0.25) is 0 Å². The molecular weight excluding hydrogens is 863 g/mol. The molecule has 358 valence electrons. The van der Waals surface area contributed by atoms with Crippen molar-refractivity contribution in [2.24, 2.45) is 0 Å². The topological polar surface area (TPSA) is 239 Å². The Morgan fingerprint density at radius 3 is 0.824 bits per heavy atom. The highest BCUT2D eigenvalue weighted by Gasteiger charge is 2.17. The first-order chi connectivity index (χ1) is 33.1. The van der Waals surface area contributed by atoms with Gasteiger partial charge in [-0.3, -0.25) is 28.8 Å². The zero-order valence-corrected chi connectivity index (χ0v) is 39.1. The molecule has 0 spiro atoms. The van der Waals surface area contributed by atoms with Gasteiger partial charge in [-0.1, -0.05) is 134 Å². The fraction of sp³-hybridized carbons (Fsp3) is 0.392. The van der Waals surface area contributed by atoms with Gasteiger partial charge in [0.05, 0.1) is 0 Å². The van der Waals surface area contributed by atoms with Crippen molar-refractivity contribution >= 4 is 70.4 Å². The molecule has 5 rings (SSSR count). The largest absolute Gasteiger partial charge is 0.311 e. The number of aromatic nitrogens is 5. The van der Waals surface area contributed by atoms with Crippen LogP contribution in [0.4, 0.5) is 34.9 Å². The first-order valence-electron chi connectivity index (χ1n) is 23.8. The molecule has 5 heterocycles. The summed E-state index contributed by atoms with van der Waals surface area (Å²) in [6.45, 7) is 4.39. The average molecular weight is 926 g/mol. The predicted molar refractivity (Wildman–Crippen MR) is 265 cm³/mol. The molecule has 0 bridgehead atoms. The summed E-state index contributed by atoms with van der Waals surface area (Å²) in [6.07, 6.45) is 18.9. The molecule has 0 aromatic carbocycles. The third-order valence-electron chi connectivity index (χ3n) is 10.7. The van der Waals surface area contributed by atoms with Crippen LogP contribution in [-0.2, 0) is 9.59 Å². The van der Waals surface area contributed by atoms with Gasteiger partial charge < -0.3 is 31.9 Å². The summed E-state index contributed by atoms with van der Waals surface area (Å²) in [5.41, 5.74) is -0.273. The summed E-state index contributed by atoms with van der Waals surface area (Å²) in [7, 11) is 0. The molecule has 5 aromatic heterocycles. The van der Waals surface area contributed by atoms with E-state index in [0.29, 0.717) is 24.5 Å². The second kappa shape index (κ2) is 28.6. The van der Waals surface area contributed by atoms with E-state index < -0.39 is 23.6 Å². The Morgan fingerprint density at radius 2 is 0.544 bits per heavy atom. The lowest BCUT2D eigenvalue weighted by atomic mass is 10.1. The minimum atomic E-state index is -0.670. The lowest BCUT2D eigenvalue weighted by Crippen LogP contribution is -2.20. The number of hydrogen-bond acceptors (Lipinski definition) is 11. The van der Waals surface area contributed by atoms with Crippen molar-refractivity contribution in [1.29, 1.82) is 0 Å². The quantitative estimate of drug-likeness (QED) is 0.0258. The van der Waals surface area contributed by atoms with Crippen molar-refractivity contribution < 1.29 is 28.8 Å². The normalized spacial score (nSPS) is 10.7. The van der Waals surface area contributed by atoms with Gasteiger partial charge in [0, 0.05) is 12.8 Å². The van der Waals surface area contributed by atoms with Crippen LogP contribution in [0.25, 0.3) is 0 Å². The third kappa shape index (κ3) is 18.5. The minimum Gasteiger partial charge on any atom is -0.311 e. The minimum absolute atomic E-state index is 0.0566. The highest BCUT2D eigenvalue weighted by Crippen LogP contribution is 2.17. The highest BCUT2D eigenvalue weighted by atomic mass is 16.2. The van der Waals surface area contributed by atoms with Crippen molar-refractivity contribution in [2.75, 3.05) is 31.9 Å². The lowest BCUT2D eigenvalue weighted by Gasteiger charge is -2.10. The first-order valence-corrected chi connectivity index (χ1v) is 23.8. The average Bonchev–Trinajstić information content (AvgIpc) is 3.33. The van der Waals surface area contributed by atoms with Crippen LogP contribution >= 0.6 is 0 Å². The number of carbonyl (C=O) groups is 6. The molecular formula is C51H63N11O6. The number of anilines is 6. The van der Waals surface area contributed by atoms with Crippen molar-refractivity contribution in [3.63, 3.8) is 0 Å². The Hall–Kier alpha value is -7.43. The van der Waals surface area contributed by atoms with Gasteiger partial charge in [-0.15, -0.1) is 0 Å². The molecule has 68 heavy (non-hydrogen) atoms. The van der Waals surface area contributed by atoms with Crippen LogP contribution in [0.5, 0.6) is 0 Å². The van der Waals surface area contributed by atoms with Crippen LogP contribution in [0, 0.1) is 0 Å². The second-order valence-electron chi connectivity index (χ2n) is 16.4. The lowest BCUT2D eigenvalue weighted by molar-refractivity contribution is -0.117. The van der Waals surface area contributed by atoms with Crippen molar-refractivity contribution in [3.05, 3.63) is 114 Å². The van der Waals surface area contributed by atoms with E-state index in [-0.39, 0.29) is 57.9 Å². The van der Waals surface area contributed by atoms with Crippen molar-refractivity contribution in [2.45, 2.75) is 129 Å². The Balaban J connectivity index is 1.08. The molecule has 0 fully saturated rings. The van der Waals surface area contributed by atoms with Crippen LogP contribution in [0.3, 0.4) is 0 Å². The summed E-state index contributed by atoms with van der Waals surface area (Å²) in [5, 5.41) is 16.1. The zero-order valence-electron chi connectivity index (χ0n) is 39.1. The van der Waals surface area contributed by atoms with E-state index in [4.69, 9.17) is 0 Å². The van der Waals surface area contributed by atoms with Gasteiger partial charge in [0.25, 0.3) is 23.6 Å². The van der Waals surface area contributed by atoms with Crippen molar-refractivity contribution in [1.82, 2.24) is 24.9 Å². The zero-order chi connectivity index (χ0) is 48.4. The van der Waals surface area contributed by atoms with Gasteiger partial charge in [0.15, 0.2) is 0 Å². The first kappa shape index (κ1) is 51.6. The standard InChI is InChI=1S/C51H63N11O6/c1-3-5-7-9-11-13-15-17-34-46(63)57-40-28-21-30-42(54-40)59-48(65)36-24-19-26-38(52-36)50(67)61-44-32-23-33-45(56-44)62-51(68)39-27-20-25-37(53-39)49(66)60-43-31-22-29-41(55-43)58-47(64)35-18-16-14-12-10-8-6-4-2/h19-33H,3-18,34-35H2,1-2H3,(H2,54,57,59,63,65)(H2,55,58,60,64,66)(H2,56,61,62,67,68). The number of amides is 6. The van der Waals surface area contributed by atoms with Crippen molar-refractivity contribution in [3.8, 4) is 0 Å². The fourth-order valence-corrected chi connectivity index (χ4v) is 7.07. The maximum Gasteiger partial charge on any atom is 0.275 e. The van der Waals surface area contributed by atoms with E-state index in [2.05, 4.69) is 70.7 Å². The van der Waals surface area contributed by atoms with Gasteiger partial charge in [0.1, 0.15) is 57.7 Å². The monoisotopic (exact) mass is 925 g/mol. The summed E-state index contributed by atoms with van der Waals surface area (Å²) in [4.78, 5) is 99.3. The number of pyridine rings is 5. The molecule has 6 amide bonds. The van der Waals surface area contributed by atoms with Gasteiger partial charge in [-0.2, -0.15) is 0 Å². The van der Waals surface area contributed by atoms with E-state index >= 15 is 0 Å². The molecule has 0 unspecified atom stereocenters. The molecule has 0 atom stereocenters. The maximum atomic E-state index is 13.2. The predicted octanol–water partition coefficient (Wildman–Crippen LogP) is 10.6. The van der Waals surface area contributed by atoms with Gasteiger partial charge in [-0.05, 0) is 73.5 Å². The van der Waals surface area contributed by atoms with Gasteiger partial charge in [-0.25, -0.2) is 24.9 Å². The number of hydrogen-bond donors (Lipinski definition) is 6. The summed E-state index contributed by atoms with van der Waals surface area (Å²) >= 11 is 0. The molecule has 0 saturated heterocycles. The Labute approximate surface area is 398 Å². The Morgan fingerprint density at radius 1 is 0.309 bits per heavy atom. The van der Waals surface area contributed by atoms with Gasteiger partial charge in [0.2, 0.25) is 11.8 Å². The van der Waals surface area contributed by atoms with Gasteiger partial charge >= 0.3 is 0 Å². The maximum absolute atomic E-state index is 13.2. The number of nitrogens with zero attached hydrogens (tertiary/aromatic N) is 5. The molecule has 0 radical (unpaired) electrons. The SMILES string of the molecule is CCCCCCCCCCC(=O)Nc1cccc(NC(=O)c2cccc(C(=O)Nc3cccc(NC(=O)c4cccc(C(=O)Nc5cccc(NC(=O)CCCCCCCCCC)n5)n4)n3)n2)n1. The molecule has 0 aliphatic heterocycles.